The summed E-state index contributed by atoms with van der Waals surface area (Å²) in [5.41, 5.74) is 2.16. The van der Waals surface area contributed by atoms with E-state index in [1.54, 1.807) is 12.3 Å². The van der Waals surface area contributed by atoms with Gasteiger partial charge < -0.3 is 15.0 Å². The van der Waals surface area contributed by atoms with Crippen LogP contribution in [-0.4, -0.2) is 30.5 Å². The molecule has 1 aliphatic heterocycles. The van der Waals surface area contributed by atoms with Crippen LogP contribution in [0.25, 0.3) is 10.9 Å². The predicted octanol–water partition coefficient (Wildman–Crippen LogP) is 5.85. The molecule has 2 fully saturated rings. The molecule has 0 amide bonds. The summed E-state index contributed by atoms with van der Waals surface area (Å²) in [6.45, 7) is 8.74. The Balaban J connectivity index is 0.000000660. The van der Waals surface area contributed by atoms with Gasteiger partial charge in [-0.15, -0.1) is 0 Å². The molecule has 0 radical (unpaired) electrons. The molecule has 1 aliphatic carbocycles. The van der Waals surface area contributed by atoms with Crippen LogP contribution in [0.4, 0.5) is 8.78 Å². The van der Waals surface area contributed by atoms with Crippen LogP contribution in [0.3, 0.4) is 0 Å². The van der Waals surface area contributed by atoms with E-state index in [1.807, 2.05) is 39.8 Å². The van der Waals surface area contributed by atoms with Gasteiger partial charge in [-0.1, -0.05) is 33.8 Å². The highest BCUT2D eigenvalue weighted by molar-refractivity contribution is 6.04. The van der Waals surface area contributed by atoms with Gasteiger partial charge in [0.2, 0.25) is 5.92 Å². The Hall–Kier alpha value is -1.95. The van der Waals surface area contributed by atoms with E-state index < -0.39 is 5.92 Å². The van der Waals surface area contributed by atoms with Gasteiger partial charge in [-0.2, -0.15) is 0 Å². The molecule has 1 unspecified atom stereocenters. The van der Waals surface area contributed by atoms with E-state index in [2.05, 4.69) is 10.3 Å². The lowest BCUT2D eigenvalue weighted by atomic mass is 9.59. The third kappa shape index (κ3) is 4.22. The van der Waals surface area contributed by atoms with Crippen LogP contribution < -0.4 is 5.32 Å². The van der Waals surface area contributed by atoms with Crippen molar-refractivity contribution < 1.29 is 18.3 Å². The van der Waals surface area contributed by atoms with Crippen molar-refractivity contribution in [3.63, 3.8) is 0 Å². The van der Waals surface area contributed by atoms with E-state index in [-0.39, 0.29) is 30.3 Å². The number of rotatable bonds is 2. The minimum absolute atomic E-state index is 0.00765. The molecule has 0 bridgehead atoms. The molecule has 156 valence electrons. The lowest BCUT2D eigenvalue weighted by Gasteiger charge is -2.52. The number of hydrogen-bond acceptors (Lipinski definition) is 3. The molecular formula is C22H32F2N2O2. The van der Waals surface area contributed by atoms with Gasteiger partial charge in [0.05, 0.1) is 18.2 Å². The summed E-state index contributed by atoms with van der Waals surface area (Å²) < 4.78 is 31.6. The molecule has 2 heterocycles. The minimum Gasteiger partial charge on any atom is -0.465 e. The Kier molecular flexibility index (Phi) is 7.21. The standard InChI is InChI=1S/C18H20F2N2O2.2C2H6/c1-24-16(23)12-2-3-13(15-11(12)4-6-22-15)14-8-17(5-7-21-14)9-18(19,20)10-17;2*1-2/h2-4,6,14,21-22H,5,7-10H2,1H3;2*1-2H3. The number of fused-ring (bicyclic) bond motifs is 1. The highest BCUT2D eigenvalue weighted by atomic mass is 19.3. The largest absolute Gasteiger partial charge is 0.465 e. The van der Waals surface area contributed by atoms with E-state index >= 15 is 0 Å². The molecule has 4 nitrogen and oxygen atoms in total. The minimum atomic E-state index is -2.50. The van der Waals surface area contributed by atoms with Crippen LogP contribution in [0.1, 0.15) is 75.3 Å². The molecule has 2 aliphatic rings. The number of esters is 1. The predicted molar refractivity (Wildman–Crippen MR) is 109 cm³/mol. The first-order valence-corrected chi connectivity index (χ1v) is 10.2. The zero-order valence-corrected chi connectivity index (χ0v) is 17.5. The van der Waals surface area contributed by atoms with Gasteiger partial charge in [0.15, 0.2) is 0 Å². The smallest absolute Gasteiger partial charge is 0.338 e. The summed E-state index contributed by atoms with van der Waals surface area (Å²) in [7, 11) is 1.36. The SMILES string of the molecule is CC.CC.COC(=O)c1ccc(C2CC3(CCN2)CC(F)(F)C3)c2[nH]ccc12. The molecule has 2 N–H and O–H groups in total. The Labute approximate surface area is 166 Å². The van der Waals surface area contributed by atoms with Gasteiger partial charge in [-0.25, -0.2) is 13.6 Å². The number of methoxy groups -OCH3 is 1. The Morgan fingerprint density at radius 1 is 1.14 bits per heavy atom. The number of carbonyl (C=O) groups excluding carboxylic acids is 1. The number of piperidine rings is 1. The number of benzene rings is 1. The maximum Gasteiger partial charge on any atom is 0.338 e. The van der Waals surface area contributed by atoms with Crippen molar-refractivity contribution in [2.75, 3.05) is 13.7 Å². The van der Waals surface area contributed by atoms with Crippen LogP contribution >= 0.6 is 0 Å². The Morgan fingerprint density at radius 3 is 2.43 bits per heavy atom. The van der Waals surface area contributed by atoms with E-state index in [0.717, 1.165) is 29.4 Å². The zero-order chi connectivity index (χ0) is 20.9. The normalized spacial score (nSPS) is 21.6. The first-order chi connectivity index (χ1) is 13.4. The first-order valence-electron chi connectivity index (χ1n) is 10.2. The van der Waals surface area contributed by atoms with E-state index in [4.69, 9.17) is 4.74 Å². The van der Waals surface area contributed by atoms with E-state index in [1.165, 1.54) is 7.11 Å². The molecule has 1 atom stereocenters. The Morgan fingerprint density at radius 2 is 1.82 bits per heavy atom. The highest BCUT2D eigenvalue weighted by Gasteiger charge is 2.57. The fourth-order valence-electron chi connectivity index (χ4n) is 4.46. The molecule has 4 rings (SSSR count). The maximum atomic E-state index is 13.4. The average Bonchev–Trinajstić information content (AvgIpc) is 3.18. The number of carbonyl (C=O) groups is 1. The van der Waals surface area contributed by atoms with Gasteiger partial charge in [0.1, 0.15) is 0 Å². The number of hydrogen-bond donors (Lipinski definition) is 2. The number of alkyl halides is 2. The monoisotopic (exact) mass is 394 g/mol. The van der Waals surface area contributed by atoms with Crippen LogP contribution in [0.2, 0.25) is 0 Å². The number of ether oxygens (including phenoxy) is 1. The zero-order valence-electron chi connectivity index (χ0n) is 17.5. The van der Waals surface area contributed by atoms with E-state index in [0.29, 0.717) is 12.0 Å². The summed E-state index contributed by atoms with van der Waals surface area (Å²) >= 11 is 0. The number of aromatic nitrogens is 1. The fourth-order valence-corrected chi connectivity index (χ4v) is 4.46. The lowest BCUT2D eigenvalue weighted by Crippen LogP contribution is -2.52. The summed E-state index contributed by atoms with van der Waals surface area (Å²) in [5.74, 6) is -2.88. The molecule has 1 aromatic heterocycles. The van der Waals surface area contributed by atoms with Crippen molar-refractivity contribution in [1.29, 1.82) is 0 Å². The summed E-state index contributed by atoms with van der Waals surface area (Å²) in [4.78, 5) is 15.1. The molecular weight excluding hydrogens is 362 g/mol. The molecule has 1 aromatic carbocycles. The second kappa shape index (κ2) is 9.03. The van der Waals surface area contributed by atoms with Crippen molar-refractivity contribution in [2.24, 2.45) is 5.41 Å². The Bertz CT molecular complexity index is 793. The van der Waals surface area contributed by atoms with Gasteiger partial charge >= 0.3 is 5.97 Å². The lowest BCUT2D eigenvalue weighted by molar-refractivity contribution is -0.174. The molecule has 28 heavy (non-hydrogen) atoms. The molecule has 1 spiro atoms. The second-order valence-corrected chi connectivity index (χ2v) is 7.13. The number of halogens is 2. The molecule has 6 heteroatoms. The topological polar surface area (TPSA) is 54.1 Å². The van der Waals surface area contributed by atoms with Gasteiger partial charge in [0.25, 0.3) is 0 Å². The molecule has 1 saturated carbocycles. The van der Waals surface area contributed by atoms with Crippen molar-refractivity contribution in [2.45, 2.75) is 65.3 Å². The second-order valence-electron chi connectivity index (χ2n) is 7.13. The van der Waals surface area contributed by atoms with Crippen molar-refractivity contribution in [3.05, 3.63) is 35.5 Å². The van der Waals surface area contributed by atoms with Crippen molar-refractivity contribution >= 4 is 16.9 Å². The quantitative estimate of drug-likeness (QED) is 0.629. The highest BCUT2D eigenvalue weighted by Crippen LogP contribution is 2.59. The first kappa shape index (κ1) is 22.3. The fraction of sp³-hybridized carbons (Fsp3) is 0.591. The van der Waals surface area contributed by atoms with Gasteiger partial charge in [-0.05, 0) is 42.5 Å². The number of aromatic amines is 1. The third-order valence-corrected chi connectivity index (χ3v) is 5.49. The van der Waals surface area contributed by atoms with Gasteiger partial charge in [-0.3, -0.25) is 0 Å². The van der Waals surface area contributed by atoms with Crippen LogP contribution in [-0.2, 0) is 4.74 Å². The number of H-pyrrole nitrogens is 1. The van der Waals surface area contributed by atoms with Crippen LogP contribution in [0.5, 0.6) is 0 Å². The summed E-state index contributed by atoms with van der Waals surface area (Å²) in [6.07, 6.45) is 3.27. The maximum absolute atomic E-state index is 13.4. The third-order valence-electron chi connectivity index (χ3n) is 5.49. The molecule has 2 aromatic rings. The van der Waals surface area contributed by atoms with Crippen molar-refractivity contribution in [3.8, 4) is 0 Å². The van der Waals surface area contributed by atoms with E-state index in [9.17, 15) is 13.6 Å². The van der Waals surface area contributed by atoms with Crippen LogP contribution in [0, 0.1) is 5.41 Å². The van der Waals surface area contributed by atoms with Crippen LogP contribution in [0.15, 0.2) is 24.4 Å². The summed E-state index contributed by atoms with van der Waals surface area (Å²) in [5, 5.41) is 4.25. The van der Waals surface area contributed by atoms with Gasteiger partial charge in [0, 0.05) is 30.5 Å². The molecule has 1 saturated heterocycles. The summed E-state index contributed by atoms with van der Waals surface area (Å²) in [6, 6.07) is 5.53. The number of nitrogens with one attached hydrogen (secondary N) is 2. The average molecular weight is 395 g/mol. The van der Waals surface area contributed by atoms with Crippen molar-refractivity contribution in [1.82, 2.24) is 10.3 Å².